The Bertz CT molecular complexity index is 836. The van der Waals surface area contributed by atoms with Gasteiger partial charge in [0.05, 0.1) is 16.2 Å². The van der Waals surface area contributed by atoms with Crippen molar-refractivity contribution < 1.29 is 5.11 Å². The van der Waals surface area contributed by atoms with Gasteiger partial charge in [0.25, 0.3) is 0 Å². The second-order valence-corrected chi connectivity index (χ2v) is 6.83. The van der Waals surface area contributed by atoms with Gasteiger partial charge in [-0.05, 0) is 76.6 Å². The maximum Gasteiger partial charge on any atom is 0.173 e. The molecule has 3 rings (SSSR count). The second-order valence-electron chi connectivity index (χ2n) is 5.98. The van der Waals surface area contributed by atoms with E-state index in [1.54, 1.807) is 10.7 Å². The molecule has 0 saturated carbocycles. The van der Waals surface area contributed by atoms with Crippen molar-refractivity contribution in [2.75, 3.05) is 13.6 Å². The van der Waals surface area contributed by atoms with E-state index in [1.807, 2.05) is 42.5 Å². The van der Waals surface area contributed by atoms with Gasteiger partial charge in [-0.3, -0.25) is 4.90 Å². The van der Waals surface area contributed by atoms with Crippen LogP contribution in [0, 0.1) is 0 Å². The molecule has 1 N–H and O–H groups in total. The molecule has 130 valence electrons. The van der Waals surface area contributed by atoms with E-state index >= 15 is 0 Å². The number of tetrazole rings is 1. The third-order valence-electron chi connectivity index (χ3n) is 4.29. The third-order valence-corrected chi connectivity index (χ3v) is 4.93. The molecule has 6 nitrogen and oxygen atoms in total. The minimum Gasteiger partial charge on any atom is -0.507 e. The minimum atomic E-state index is 0.0655. The van der Waals surface area contributed by atoms with Crippen molar-refractivity contribution in [2.24, 2.45) is 0 Å². The number of benzene rings is 2. The Morgan fingerprint density at radius 3 is 2.68 bits per heavy atom. The number of aromatic hydroxyl groups is 1. The molecule has 0 aliphatic carbocycles. The van der Waals surface area contributed by atoms with Gasteiger partial charge < -0.3 is 5.11 Å². The molecule has 1 heterocycles. The van der Waals surface area contributed by atoms with Gasteiger partial charge in [-0.2, -0.15) is 4.68 Å². The summed E-state index contributed by atoms with van der Waals surface area (Å²) >= 11 is 3.36. The molecule has 0 aliphatic rings. The maximum absolute atomic E-state index is 9.59. The van der Waals surface area contributed by atoms with Crippen LogP contribution in [0.1, 0.15) is 24.4 Å². The molecule has 0 fully saturated rings. The summed E-state index contributed by atoms with van der Waals surface area (Å²) in [6, 6.07) is 15.5. The average molecular weight is 402 g/mol. The monoisotopic (exact) mass is 401 g/mol. The topological polar surface area (TPSA) is 67.1 Å². The van der Waals surface area contributed by atoms with Gasteiger partial charge >= 0.3 is 0 Å². The summed E-state index contributed by atoms with van der Waals surface area (Å²) in [5.74, 6) is 1.06. The number of phenolic OH excluding ortho intramolecular Hbond substituents is 1. The lowest BCUT2D eigenvalue weighted by Gasteiger charge is -2.23. The first-order valence-electron chi connectivity index (χ1n) is 8.07. The first kappa shape index (κ1) is 17.6. The molecule has 1 unspecified atom stereocenters. The molecule has 0 spiro atoms. The zero-order valence-electron chi connectivity index (χ0n) is 14.2. The smallest absolute Gasteiger partial charge is 0.173 e. The molecule has 3 aromatic rings. The molecule has 0 bridgehead atoms. The van der Waals surface area contributed by atoms with Crippen molar-refractivity contribution in [1.29, 1.82) is 0 Å². The van der Waals surface area contributed by atoms with Crippen LogP contribution in [0.4, 0.5) is 0 Å². The van der Waals surface area contributed by atoms with E-state index in [0.717, 1.165) is 30.0 Å². The van der Waals surface area contributed by atoms with E-state index in [9.17, 15) is 5.11 Å². The van der Waals surface area contributed by atoms with E-state index in [-0.39, 0.29) is 11.8 Å². The fraction of sp³-hybridized carbons (Fsp3) is 0.278. The van der Waals surface area contributed by atoms with Gasteiger partial charge in [-0.1, -0.05) is 24.3 Å². The normalized spacial score (nSPS) is 12.5. The highest BCUT2D eigenvalue weighted by molar-refractivity contribution is 9.10. The number of nitrogens with zero attached hydrogens (tertiary/aromatic N) is 5. The van der Waals surface area contributed by atoms with Crippen LogP contribution in [0.3, 0.4) is 0 Å². The van der Waals surface area contributed by atoms with Crippen LogP contribution in [0.15, 0.2) is 53.0 Å². The van der Waals surface area contributed by atoms with Crippen LogP contribution in [-0.2, 0) is 6.42 Å². The zero-order valence-corrected chi connectivity index (χ0v) is 15.8. The molecule has 2 aromatic carbocycles. The van der Waals surface area contributed by atoms with Crippen molar-refractivity contribution in [3.8, 4) is 11.4 Å². The predicted octanol–water partition coefficient (Wildman–Crippen LogP) is 3.37. The summed E-state index contributed by atoms with van der Waals surface area (Å²) in [7, 11) is 2.06. The SMILES string of the molecule is CC(c1nnnn1-c1ccccc1)N(C)CCc1ccc(O)c(Br)c1. The standard InChI is InChI=1S/C18H20BrN5O/c1-13(18-20-21-22-24(18)15-6-4-3-5-7-15)23(2)11-10-14-8-9-17(25)16(19)12-14/h3-9,12-13,25H,10-11H2,1-2H3. The molecule has 0 saturated heterocycles. The van der Waals surface area contributed by atoms with E-state index in [2.05, 4.69) is 50.3 Å². The van der Waals surface area contributed by atoms with Crippen molar-refractivity contribution >= 4 is 15.9 Å². The third kappa shape index (κ3) is 4.05. The van der Waals surface area contributed by atoms with Crippen molar-refractivity contribution in [2.45, 2.75) is 19.4 Å². The van der Waals surface area contributed by atoms with Crippen LogP contribution in [0.25, 0.3) is 5.69 Å². The van der Waals surface area contributed by atoms with Crippen molar-refractivity contribution in [3.63, 3.8) is 0 Å². The average Bonchev–Trinajstić information content (AvgIpc) is 3.12. The van der Waals surface area contributed by atoms with Gasteiger partial charge in [-0.25, -0.2) is 0 Å². The van der Waals surface area contributed by atoms with Crippen LogP contribution >= 0.6 is 15.9 Å². The Hall–Kier alpha value is -2.25. The van der Waals surface area contributed by atoms with Crippen LogP contribution < -0.4 is 0 Å². The molecule has 1 aromatic heterocycles. The highest BCUT2D eigenvalue weighted by atomic mass is 79.9. The first-order chi connectivity index (χ1) is 12.1. The summed E-state index contributed by atoms with van der Waals surface area (Å²) in [4.78, 5) is 2.21. The summed E-state index contributed by atoms with van der Waals surface area (Å²) in [5, 5.41) is 21.8. The fourth-order valence-corrected chi connectivity index (χ4v) is 3.04. The van der Waals surface area contributed by atoms with Gasteiger partial charge in [0.15, 0.2) is 5.82 Å². The number of aromatic nitrogens is 4. The number of phenols is 1. The number of para-hydroxylation sites is 1. The summed E-state index contributed by atoms with van der Waals surface area (Å²) in [6.45, 7) is 2.94. The largest absolute Gasteiger partial charge is 0.507 e. The van der Waals surface area contributed by atoms with E-state index < -0.39 is 0 Å². The Kier molecular flexibility index (Phi) is 5.45. The lowest BCUT2D eigenvalue weighted by molar-refractivity contribution is 0.252. The molecule has 0 amide bonds. The van der Waals surface area contributed by atoms with Gasteiger partial charge in [0.1, 0.15) is 5.75 Å². The molecule has 0 radical (unpaired) electrons. The Morgan fingerprint density at radius 2 is 1.96 bits per heavy atom. The number of hydrogen-bond acceptors (Lipinski definition) is 5. The van der Waals surface area contributed by atoms with Gasteiger partial charge in [0, 0.05) is 6.54 Å². The molecule has 7 heteroatoms. The predicted molar refractivity (Wildman–Crippen MR) is 99.7 cm³/mol. The van der Waals surface area contributed by atoms with Gasteiger partial charge in [-0.15, -0.1) is 5.10 Å². The second kappa shape index (κ2) is 7.76. The summed E-state index contributed by atoms with van der Waals surface area (Å²) in [5.41, 5.74) is 2.11. The van der Waals surface area contributed by atoms with E-state index in [1.165, 1.54) is 0 Å². The lowest BCUT2D eigenvalue weighted by Crippen LogP contribution is -2.27. The Balaban J connectivity index is 1.70. The molecule has 0 aliphatic heterocycles. The van der Waals surface area contributed by atoms with E-state index in [4.69, 9.17) is 0 Å². The number of halogens is 1. The number of likely N-dealkylation sites (N-methyl/N-ethyl adjacent to an activating group) is 1. The summed E-state index contributed by atoms with van der Waals surface area (Å²) in [6.07, 6.45) is 0.868. The molecule has 1 atom stereocenters. The zero-order chi connectivity index (χ0) is 17.8. The minimum absolute atomic E-state index is 0.0655. The highest BCUT2D eigenvalue weighted by Crippen LogP contribution is 2.25. The van der Waals surface area contributed by atoms with Crippen molar-refractivity contribution in [1.82, 2.24) is 25.1 Å². The lowest BCUT2D eigenvalue weighted by atomic mass is 10.1. The molecular formula is C18H20BrN5O. The van der Waals surface area contributed by atoms with E-state index in [0.29, 0.717) is 4.47 Å². The quantitative estimate of drug-likeness (QED) is 0.685. The van der Waals surface area contributed by atoms with Crippen molar-refractivity contribution in [3.05, 3.63) is 64.4 Å². The van der Waals surface area contributed by atoms with Crippen LogP contribution in [0.5, 0.6) is 5.75 Å². The fourth-order valence-electron chi connectivity index (χ4n) is 2.61. The molecular weight excluding hydrogens is 382 g/mol. The summed E-state index contributed by atoms with van der Waals surface area (Å²) < 4.78 is 2.49. The Morgan fingerprint density at radius 1 is 1.20 bits per heavy atom. The van der Waals surface area contributed by atoms with Gasteiger partial charge in [0.2, 0.25) is 0 Å². The van der Waals surface area contributed by atoms with Crippen LogP contribution in [-0.4, -0.2) is 43.8 Å². The Labute approximate surface area is 155 Å². The first-order valence-corrected chi connectivity index (χ1v) is 8.87. The number of rotatable bonds is 6. The number of hydrogen-bond donors (Lipinski definition) is 1. The highest BCUT2D eigenvalue weighted by Gasteiger charge is 2.19. The maximum atomic E-state index is 9.59. The van der Waals surface area contributed by atoms with Crippen LogP contribution in [0.2, 0.25) is 0 Å². The molecule has 25 heavy (non-hydrogen) atoms.